The second-order valence-corrected chi connectivity index (χ2v) is 9.84. The molecule has 6 nitrogen and oxygen atoms in total. The van der Waals surface area contributed by atoms with Gasteiger partial charge < -0.3 is 4.90 Å². The highest BCUT2D eigenvalue weighted by Crippen LogP contribution is 2.21. The topological polar surface area (TPSA) is 60.9 Å². The maximum absolute atomic E-state index is 13.1. The van der Waals surface area contributed by atoms with Gasteiger partial charge in [0.1, 0.15) is 5.82 Å². The standard InChI is InChI=1S/C19H28FN3O3S/c1-15(16-3-5-17(20)6-4-16)21(2)13-19(24)23-10-8-22(9-11-23)18-7-12-27(25,26)14-18/h3-6,15,18H,7-14H2,1-2H3. The van der Waals surface area contributed by atoms with E-state index in [9.17, 15) is 17.6 Å². The molecule has 2 heterocycles. The number of hydrogen-bond acceptors (Lipinski definition) is 5. The van der Waals surface area contributed by atoms with Gasteiger partial charge in [-0.25, -0.2) is 12.8 Å². The molecular weight excluding hydrogens is 369 g/mol. The summed E-state index contributed by atoms with van der Waals surface area (Å²) in [6, 6.07) is 6.48. The minimum Gasteiger partial charge on any atom is -0.339 e. The summed E-state index contributed by atoms with van der Waals surface area (Å²) in [5.74, 6) is 0.338. The molecule has 2 atom stereocenters. The maximum atomic E-state index is 13.1. The summed E-state index contributed by atoms with van der Waals surface area (Å²) in [6.07, 6.45) is 0.703. The predicted octanol–water partition coefficient (Wildman–Crippen LogP) is 1.15. The van der Waals surface area contributed by atoms with Gasteiger partial charge in [-0.2, -0.15) is 0 Å². The van der Waals surface area contributed by atoms with Crippen LogP contribution in [0.5, 0.6) is 0 Å². The Labute approximate surface area is 160 Å². The van der Waals surface area contributed by atoms with Crippen molar-refractivity contribution in [2.75, 3.05) is 51.3 Å². The molecule has 2 aliphatic rings. The second kappa shape index (κ2) is 8.24. The van der Waals surface area contributed by atoms with Gasteiger partial charge in [-0.05, 0) is 38.1 Å². The first-order chi connectivity index (χ1) is 12.7. The van der Waals surface area contributed by atoms with Gasteiger partial charge in [-0.3, -0.25) is 14.6 Å². The van der Waals surface area contributed by atoms with Crippen molar-refractivity contribution in [1.82, 2.24) is 14.7 Å². The number of carbonyl (C=O) groups is 1. The minimum absolute atomic E-state index is 0.0135. The summed E-state index contributed by atoms with van der Waals surface area (Å²) in [7, 11) is -0.987. The van der Waals surface area contributed by atoms with Crippen LogP contribution in [-0.4, -0.2) is 86.3 Å². The first-order valence-corrected chi connectivity index (χ1v) is 11.3. The summed E-state index contributed by atoms with van der Waals surface area (Å²) in [6.45, 7) is 5.02. The lowest BCUT2D eigenvalue weighted by molar-refractivity contribution is -0.134. The zero-order valence-corrected chi connectivity index (χ0v) is 16.8. The van der Waals surface area contributed by atoms with Gasteiger partial charge in [-0.1, -0.05) is 12.1 Å². The van der Waals surface area contributed by atoms with Crippen LogP contribution in [-0.2, 0) is 14.6 Å². The molecule has 2 saturated heterocycles. The van der Waals surface area contributed by atoms with Gasteiger partial charge in [0.05, 0.1) is 18.1 Å². The highest BCUT2D eigenvalue weighted by molar-refractivity contribution is 7.91. The van der Waals surface area contributed by atoms with Crippen molar-refractivity contribution in [3.05, 3.63) is 35.6 Å². The molecule has 1 aromatic rings. The van der Waals surface area contributed by atoms with E-state index in [1.165, 1.54) is 12.1 Å². The molecule has 0 aliphatic carbocycles. The molecule has 0 radical (unpaired) electrons. The van der Waals surface area contributed by atoms with E-state index in [4.69, 9.17) is 0 Å². The lowest BCUT2D eigenvalue weighted by atomic mass is 10.1. The van der Waals surface area contributed by atoms with Crippen molar-refractivity contribution in [1.29, 1.82) is 0 Å². The molecule has 0 bridgehead atoms. The van der Waals surface area contributed by atoms with Crippen molar-refractivity contribution < 1.29 is 17.6 Å². The fraction of sp³-hybridized carbons (Fsp3) is 0.632. The fourth-order valence-electron chi connectivity index (χ4n) is 3.85. The van der Waals surface area contributed by atoms with E-state index >= 15 is 0 Å². The summed E-state index contributed by atoms with van der Waals surface area (Å²) < 4.78 is 36.4. The molecule has 2 aliphatic heterocycles. The summed E-state index contributed by atoms with van der Waals surface area (Å²) >= 11 is 0. The van der Waals surface area contributed by atoms with Gasteiger partial charge in [-0.15, -0.1) is 0 Å². The summed E-state index contributed by atoms with van der Waals surface area (Å²) in [5, 5.41) is 0. The largest absolute Gasteiger partial charge is 0.339 e. The number of rotatable bonds is 5. The monoisotopic (exact) mass is 397 g/mol. The number of carbonyl (C=O) groups excluding carboxylic acids is 1. The van der Waals surface area contributed by atoms with Crippen LogP contribution in [0.4, 0.5) is 4.39 Å². The number of hydrogen-bond donors (Lipinski definition) is 0. The maximum Gasteiger partial charge on any atom is 0.236 e. The molecule has 27 heavy (non-hydrogen) atoms. The molecule has 2 fully saturated rings. The number of amides is 1. The quantitative estimate of drug-likeness (QED) is 0.746. The van der Waals surface area contributed by atoms with Crippen molar-refractivity contribution in [3.8, 4) is 0 Å². The molecule has 150 valence electrons. The van der Waals surface area contributed by atoms with Gasteiger partial charge in [0.2, 0.25) is 5.91 Å². The molecule has 2 unspecified atom stereocenters. The SMILES string of the molecule is CC(c1ccc(F)cc1)N(C)CC(=O)N1CCN(C2CCS(=O)(=O)C2)CC1. The van der Waals surface area contributed by atoms with Crippen molar-refractivity contribution in [2.24, 2.45) is 0 Å². The Hall–Kier alpha value is -1.51. The van der Waals surface area contributed by atoms with Crippen LogP contribution < -0.4 is 0 Å². The third kappa shape index (κ3) is 5.06. The van der Waals surface area contributed by atoms with E-state index in [0.717, 1.165) is 18.7 Å². The fourth-order valence-corrected chi connectivity index (χ4v) is 5.61. The molecule has 1 amide bonds. The number of likely N-dealkylation sites (N-methyl/N-ethyl adjacent to an activating group) is 1. The van der Waals surface area contributed by atoms with Crippen molar-refractivity contribution in [2.45, 2.75) is 25.4 Å². The van der Waals surface area contributed by atoms with Crippen LogP contribution in [0.1, 0.15) is 24.9 Å². The van der Waals surface area contributed by atoms with Crippen LogP contribution in [0, 0.1) is 5.82 Å². The molecule has 0 spiro atoms. The van der Waals surface area contributed by atoms with E-state index in [1.54, 1.807) is 12.1 Å². The van der Waals surface area contributed by atoms with Crippen LogP contribution in [0.2, 0.25) is 0 Å². The van der Waals surface area contributed by atoms with E-state index in [0.29, 0.717) is 26.1 Å². The molecule has 0 saturated carbocycles. The Bertz CT molecular complexity index is 761. The zero-order chi connectivity index (χ0) is 19.6. The van der Waals surface area contributed by atoms with Crippen molar-refractivity contribution >= 4 is 15.7 Å². The molecule has 1 aromatic carbocycles. The van der Waals surface area contributed by atoms with Gasteiger partial charge in [0.25, 0.3) is 0 Å². The smallest absolute Gasteiger partial charge is 0.236 e. The Morgan fingerprint density at radius 1 is 1.22 bits per heavy atom. The molecular formula is C19H28FN3O3S. The van der Waals surface area contributed by atoms with Crippen LogP contribution >= 0.6 is 0 Å². The molecule has 8 heteroatoms. The van der Waals surface area contributed by atoms with E-state index in [-0.39, 0.29) is 35.3 Å². The third-order valence-corrected chi connectivity index (χ3v) is 7.54. The Morgan fingerprint density at radius 3 is 2.41 bits per heavy atom. The highest BCUT2D eigenvalue weighted by Gasteiger charge is 2.34. The van der Waals surface area contributed by atoms with Crippen LogP contribution in [0.15, 0.2) is 24.3 Å². The molecule has 0 aromatic heterocycles. The number of sulfone groups is 1. The van der Waals surface area contributed by atoms with E-state index in [1.807, 2.05) is 23.8 Å². The van der Waals surface area contributed by atoms with Gasteiger partial charge in [0, 0.05) is 38.3 Å². The highest BCUT2D eigenvalue weighted by atomic mass is 32.2. The number of halogens is 1. The summed E-state index contributed by atoms with van der Waals surface area (Å²) in [5.41, 5.74) is 0.971. The third-order valence-electron chi connectivity index (χ3n) is 5.79. The van der Waals surface area contributed by atoms with Crippen LogP contribution in [0.3, 0.4) is 0 Å². The van der Waals surface area contributed by atoms with Crippen molar-refractivity contribution in [3.63, 3.8) is 0 Å². The Balaban J connectivity index is 1.48. The van der Waals surface area contributed by atoms with E-state index in [2.05, 4.69) is 4.90 Å². The van der Waals surface area contributed by atoms with E-state index < -0.39 is 9.84 Å². The normalized spacial score (nSPS) is 24.3. The Morgan fingerprint density at radius 2 is 1.85 bits per heavy atom. The zero-order valence-electron chi connectivity index (χ0n) is 16.0. The van der Waals surface area contributed by atoms with Gasteiger partial charge in [0.15, 0.2) is 9.84 Å². The predicted molar refractivity (Wildman–Crippen MR) is 103 cm³/mol. The lowest BCUT2D eigenvalue weighted by Crippen LogP contribution is -2.53. The summed E-state index contributed by atoms with van der Waals surface area (Å²) in [4.78, 5) is 18.7. The molecule has 3 rings (SSSR count). The first kappa shape index (κ1) is 20.2. The lowest BCUT2D eigenvalue weighted by Gasteiger charge is -2.38. The average molecular weight is 398 g/mol. The number of benzene rings is 1. The number of nitrogens with zero attached hydrogens (tertiary/aromatic N) is 3. The minimum atomic E-state index is -2.88. The number of piperazine rings is 1. The molecule has 0 N–H and O–H groups in total. The van der Waals surface area contributed by atoms with Crippen LogP contribution in [0.25, 0.3) is 0 Å². The first-order valence-electron chi connectivity index (χ1n) is 9.43. The van der Waals surface area contributed by atoms with Gasteiger partial charge >= 0.3 is 0 Å². The average Bonchev–Trinajstić information content (AvgIpc) is 3.01. The Kier molecular flexibility index (Phi) is 6.18. The second-order valence-electron chi connectivity index (χ2n) is 7.62.